The van der Waals surface area contributed by atoms with Crippen molar-refractivity contribution < 1.29 is 17.9 Å². The van der Waals surface area contributed by atoms with Gasteiger partial charge < -0.3 is 19.4 Å². The van der Waals surface area contributed by atoms with Gasteiger partial charge in [-0.2, -0.15) is 0 Å². The number of methoxy groups -OCH3 is 1. The van der Waals surface area contributed by atoms with Gasteiger partial charge >= 0.3 is 0 Å². The number of nitrogens with zero attached hydrogens (tertiary/aromatic N) is 3. The van der Waals surface area contributed by atoms with Gasteiger partial charge in [0.25, 0.3) is 0 Å². The van der Waals surface area contributed by atoms with E-state index < -0.39 is 10.0 Å². The molecule has 0 saturated carbocycles. The Bertz CT molecular complexity index is 1220. The van der Waals surface area contributed by atoms with E-state index in [9.17, 15) is 13.2 Å². The van der Waals surface area contributed by atoms with Crippen molar-refractivity contribution in [3.05, 3.63) is 52.1 Å². The van der Waals surface area contributed by atoms with Gasteiger partial charge in [0.2, 0.25) is 15.9 Å². The summed E-state index contributed by atoms with van der Waals surface area (Å²) in [5, 5.41) is 5.38. The van der Waals surface area contributed by atoms with Crippen molar-refractivity contribution in [2.75, 3.05) is 51.8 Å². The number of carbonyl (C=O) groups excluding carboxylic acids is 1. The Morgan fingerprint density at radius 1 is 1.06 bits per heavy atom. The van der Waals surface area contributed by atoms with Gasteiger partial charge in [-0.25, -0.2) is 13.6 Å². The number of nitrogens with two attached hydrogens (primary N) is 1. The van der Waals surface area contributed by atoms with Crippen molar-refractivity contribution in [1.29, 1.82) is 0 Å². The number of ether oxygens (including phenoxy) is 1. The van der Waals surface area contributed by atoms with Crippen LogP contribution in [0.3, 0.4) is 0 Å². The van der Waals surface area contributed by atoms with Gasteiger partial charge in [0.1, 0.15) is 5.75 Å². The maximum atomic E-state index is 13.5. The molecule has 1 saturated heterocycles. The first-order chi connectivity index (χ1) is 16.6. The summed E-state index contributed by atoms with van der Waals surface area (Å²) in [6.07, 6.45) is 1.61. The Morgan fingerprint density at radius 3 is 2.40 bits per heavy atom. The zero-order valence-electron chi connectivity index (χ0n) is 21.1. The largest absolute Gasteiger partial charge is 0.496 e. The number of hydrogen-bond acceptors (Lipinski definition) is 6. The molecule has 0 aromatic heterocycles. The summed E-state index contributed by atoms with van der Waals surface area (Å²) in [4.78, 5) is 20.2. The minimum atomic E-state index is -3.81. The maximum Gasteiger partial charge on any atom is 0.238 e. The molecule has 9 heteroatoms. The fourth-order valence-electron chi connectivity index (χ4n) is 5.41. The number of likely N-dealkylation sites (N-methyl/N-ethyl adjacent to an activating group) is 1. The topological polar surface area (TPSA) is 96.2 Å². The Kier molecular flexibility index (Phi) is 7.40. The van der Waals surface area contributed by atoms with Crippen molar-refractivity contribution in [2.24, 2.45) is 5.14 Å². The molecule has 0 aliphatic carbocycles. The zero-order chi connectivity index (χ0) is 25.3. The molecule has 0 unspecified atom stereocenters. The smallest absolute Gasteiger partial charge is 0.238 e. The number of sulfonamides is 1. The highest BCUT2D eigenvalue weighted by Gasteiger charge is 2.28. The number of primary sulfonamides is 1. The fraction of sp³-hybridized carbons (Fsp3) is 0.500. The van der Waals surface area contributed by atoms with Gasteiger partial charge in [-0.1, -0.05) is 13.0 Å². The molecular weight excluding hydrogens is 464 g/mol. The molecule has 0 spiro atoms. The number of benzene rings is 2. The highest BCUT2D eigenvalue weighted by atomic mass is 32.2. The summed E-state index contributed by atoms with van der Waals surface area (Å²) in [6, 6.07) is 7.43. The lowest BCUT2D eigenvalue weighted by Gasteiger charge is -2.38. The fourth-order valence-corrected chi connectivity index (χ4v) is 6.21. The monoisotopic (exact) mass is 500 g/mol. The molecule has 0 bridgehead atoms. The lowest BCUT2D eigenvalue weighted by molar-refractivity contribution is -0.131. The van der Waals surface area contributed by atoms with Crippen molar-refractivity contribution in [1.82, 2.24) is 9.80 Å². The minimum absolute atomic E-state index is 0.0419. The summed E-state index contributed by atoms with van der Waals surface area (Å²) in [5.41, 5.74) is 5.92. The van der Waals surface area contributed by atoms with Crippen molar-refractivity contribution in [2.45, 2.75) is 44.6 Å². The molecule has 2 aliphatic rings. The van der Waals surface area contributed by atoms with E-state index in [1.165, 1.54) is 22.9 Å². The second-order valence-electron chi connectivity index (χ2n) is 9.50. The molecule has 2 heterocycles. The number of anilines is 1. The standard InChI is InChI=1S/C26H36N4O4S/c1-5-20-18(2)25(35(27,32)33)9-6-19(20)16-26(31)30-11-10-21-22(17-30)23(7-8-24(21)34-4)29-14-12-28(3)13-15-29/h6-9H,5,10-17H2,1-4H3,(H2,27,32,33). The van der Waals surface area contributed by atoms with Gasteiger partial charge in [-0.15, -0.1) is 0 Å². The Labute approximate surface area is 208 Å². The molecule has 1 amide bonds. The van der Waals surface area contributed by atoms with E-state index in [0.29, 0.717) is 25.1 Å². The molecule has 2 aromatic carbocycles. The van der Waals surface area contributed by atoms with Crippen LogP contribution in [-0.2, 0) is 40.6 Å². The predicted octanol–water partition coefficient (Wildman–Crippen LogP) is 2.09. The molecular formula is C26H36N4O4S. The van der Waals surface area contributed by atoms with Crippen molar-refractivity contribution in [3.63, 3.8) is 0 Å². The quantitative estimate of drug-likeness (QED) is 0.653. The lowest BCUT2D eigenvalue weighted by Crippen LogP contribution is -2.45. The van der Waals surface area contributed by atoms with Gasteiger partial charge in [-0.3, -0.25) is 4.79 Å². The van der Waals surface area contributed by atoms with Gasteiger partial charge in [0.05, 0.1) is 18.4 Å². The van der Waals surface area contributed by atoms with E-state index in [4.69, 9.17) is 9.88 Å². The number of fused-ring (bicyclic) bond motifs is 1. The van der Waals surface area contributed by atoms with Gasteiger partial charge in [-0.05, 0) is 61.7 Å². The summed E-state index contributed by atoms with van der Waals surface area (Å²) in [6.45, 7) is 8.84. The summed E-state index contributed by atoms with van der Waals surface area (Å²) in [5.74, 6) is 0.924. The van der Waals surface area contributed by atoms with E-state index in [0.717, 1.165) is 49.5 Å². The predicted molar refractivity (Wildman–Crippen MR) is 137 cm³/mol. The zero-order valence-corrected chi connectivity index (χ0v) is 22.0. The SMILES string of the molecule is CCc1c(CC(=O)N2CCc3c(OC)ccc(N4CCN(C)CC4)c3C2)ccc(S(N)(=O)=O)c1C. The number of amides is 1. The number of hydrogen-bond donors (Lipinski definition) is 1. The molecule has 35 heavy (non-hydrogen) atoms. The van der Waals surface area contributed by atoms with Crippen LogP contribution in [-0.4, -0.2) is 71.0 Å². The molecule has 2 aliphatic heterocycles. The van der Waals surface area contributed by atoms with Crippen LogP contribution in [0.2, 0.25) is 0 Å². The summed E-state index contributed by atoms with van der Waals surface area (Å²) >= 11 is 0. The molecule has 2 N–H and O–H groups in total. The average Bonchev–Trinajstić information content (AvgIpc) is 2.83. The molecule has 0 radical (unpaired) electrons. The van der Waals surface area contributed by atoms with Crippen LogP contribution in [0, 0.1) is 6.92 Å². The van der Waals surface area contributed by atoms with E-state index in [2.05, 4.69) is 22.9 Å². The Hall–Kier alpha value is -2.62. The molecule has 0 atom stereocenters. The van der Waals surface area contributed by atoms with Crippen LogP contribution in [0.4, 0.5) is 5.69 Å². The van der Waals surface area contributed by atoms with Crippen LogP contribution in [0.25, 0.3) is 0 Å². The number of carbonyl (C=O) groups is 1. The van der Waals surface area contributed by atoms with Crippen LogP contribution >= 0.6 is 0 Å². The minimum Gasteiger partial charge on any atom is -0.496 e. The molecule has 4 rings (SSSR count). The Morgan fingerprint density at radius 2 is 1.77 bits per heavy atom. The Balaban J connectivity index is 1.60. The molecule has 2 aromatic rings. The summed E-state index contributed by atoms with van der Waals surface area (Å²) in [7, 11) is 0.0330. The maximum absolute atomic E-state index is 13.5. The van der Waals surface area contributed by atoms with Crippen LogP contribution in [0.1, 0.15) is 34.7 Å². The highest BCUT2D eigenvalue weighted by molar-refractivity contribution is 7.89. The van der Waals surface area contributed by atoms with Crippen LogP contribution in [0.15, 0.2) is 29.2 Å². The third kappa shape index (κ3) is 5.17. The second kappa shape index (κ2) is 10.2. The lowest BCUT2D eigenvalue weighted by atomic mass is 9.94. The average molecular weight is 501 g/mol. The first kappa shape index (κ1) is 25.5. The van der Waals surface area contributed by atoms with Crippen LogP contribution < -0.4 is 14.8 Å². The van der Waals surface area contributed by atoms with Gasteiger partial charge in [0, 0.05) is 56.1 Å². The number of piperazine rings is 1. The van der Waals surface area contributed by atoms with Crippen molar-refractivity contribution in [3.8, 4) is 5.75 Å². The van der Waals surface area contributed by atoms with E-state index in [1.807, 2.05) is 17.9 Å². The van der Waals surface area contributed by atoms with E-state index in [1.54, 1.807) is 20.1 Å². The molecule has 1 fully saturated rings. The van der Waals surface area contributed by atoms with E-state index in [-0.39, 0.29) is 17.2 Å². The van der Waals surface area contributed by atoms with Crippen LogP contribution in [0.5, 0.6) is 5.75 Å². The van der Waals surface area contributed by atoms with E-state index >= 15 is 0 Å². The highest BCUT2D eigenvalue weighted by Crippen LogP contribution is 2.36. The summed E-state index contributed by atoms with van der Waals surface area (Å²) < 4.78 is 29.5. The number of rotatable bonds is 6. The molecule has 8 nitrogen and oxygen atoms in total. The van der Waals surface area contributed by atoms with Gasteiger partial charge in [0.15, 0.2) is 0 Å². The second-order valence-corrected chi connectivity index (χ2v) is 11.0. The first-order valence-electron chi connectivity index (χ1n) is 12.2. The third-order valence-corrected chi connectivity index (χ3v) is 8.46. The van der Waals surface area contributed by atoms with Crippen molar-refractivity contribution >= 4 is 21.6 Å². The first-order valence-corrected chi connectivity index (χ1v) is 13.7. The molecule has 190 valence electrons. The third-order valence-electron chi connectivity index (χ3n) is 7.41. The normalized spacial score (nSPS) is 16.8.